The van der Waals surface area contributed by atoms with Crippen molar-refractivity contribution in [3.05, 3.63) is 39.9 Å². The number of nitrogens with one attached hydrogen (secondary N) is 3. The van der Waals surface area contributed by atoms with Crippen LogP contribution in [0, 0.1) is 17.3 Å². The van der Waals surface area contributed by atoms with Crippen LogP contribution in [0.2, 0.25) is 5.02 Å². The lowest BCUT2D eigenvalue weighted by Crippen LogP contribution is -2.56. The Hall–Kier alpha value is -0.140. The molecule has 28 heavy (non-hydrogen) atoms. The fourth-order valence-electron chi connectivity index (χ4n) is 2.91. The number of rotatable bonds is 5. The predicted octanol–water partition coefficient (Wildman–Crippen LogP) is 6.03. The third-order valence-corrected chi connectivity index (χ3v) is 5.97. The largest absolute Gasteiger partial charge is 0.339 e. The summed E-state index contributed by atoms with van der Waals surface area (Å²) in [5.41, 5.74) is 0.245. The smallest absolute Gasteiger partial charge is 0.228 e. The van der Waals surface area contributed by atoms with Crippen molar-refractivity contribution in [2.45, 2.75) is 23.8 Å². The number of amides is 1. The number of hydrogen-bond donors (Lipinski definition) is 3. The summed E-state index contributed by atoms with van der Waals surface area (Å²) in [5.74, 6) is -0.811. The molecule has 3 atom stereocenters. The Kier molecular flexibility index (Phi) is 8.05. The number of carbonyl (C=O) groups excluding carboxylic acids is 1. The van der Waals surface area contributed by atoms with Gasteiger partial charge in [-0.15, -0.1) is 0 Å². The Morgan fingerprint density at radius 3 is 2.36 bits per heavy atom. The highest BCUT2D eigenvalue weighted by atomic mass is 35.6. The van der Waals surface area contributed by atoms with Crippen molar-refractivity contribution in [2.75, 3.05) is 5.32 Å². The van der Waals surface area contributed by atoms with Gasteiger partial charge in [-0.25, -0.2) is 0 Å². The first-order valence-corrected chi connectivity index (χ1v) is 10.7. The van der Waals surface area contributed by atoms with Crippen LogP contribution in [0.3, 0.4) is 0 Å². The molecule has 0 aliphatic heterocycles. The summed E-state index contributed by atoms with van der Waals surface area (Å²) in [6, 6.07) is 7.00. The van der Waals surface area contributed by atoms with E-state index in [4.69, 9.17) is 81.8 Å². The van der Waals surface area contributed by atoms with Gasteiger partial charge in [0.2, 0.25) is 9.70 Å². The van der Waals surface area contributed by atoms with Crippen LogP contribution in [0.15, 0.2) is 34.8 Å². The fraction of sp³-hybridized carbons (Fsp3) is 0.412. The van der Waals surface area contributed by atoms with Gasteiger partial charge in [0.1, 0.15) is 10.7 Å². The molecule has 1 aliphatic carbocycles. The predicted molar refractivity (Wildman–Crippen MR) is 124 cm³/mol. The van der Waals surface area contributed by atoms with Crippen molar-refractivity contribution >= 4 is 98.5 Å². The third kappa shape index (κ3) is 6.18. The standard InChI is InChI=1S/C17H17Cl6N3OS/c1-16(2)8(7-11(19)20)12(16)13(27)25-14(17(21,22)23)26-15(28)24-10-6-4-3-5-9(10)18/h3-8,12,14H,1-2H3,(H,25,27)(H2,24,26,28)/t8-,12-,14-/m1/s1. The van der Waals surface area contributed by atoms with Crippen LogP contribution in [-0.4, -0.2) is 21.0 Å². The minimum Gasteiger partial charge on any atom is -0.339 e. The first-order chi connectivity index (χ1) is 12.8. The molecule has 1 aromatic rings. The molecular weight excluding hydrogens is 507 g/mol. The number of benzene rings is 1. The molecule has 3 N–H and O–H groups in total. The zero-order valence-electron chi connectivity index (χ0n) is 14.7. The SMILES string of the molecule is CC1(C)[C@H](C=C(Cl)Cl)[C@@H]1C(=O)N[C@H](NC(=S)Nc1ccccc1Cl)C(Cl)(Cl)Cl. The molecule has 4 nitrogen and oxygen atoms in total. The minimum absolute atomic E-state index is 0.106. The van der Waals surface area contributed by atoms with Gasteiger partial charge in [-0.1, -0.05) is 95.6 Å². The first-order valence-electron chi connectivity index (χ1n) is 8.06. The zero-order valence-corrected chi connectivity index (χ0v) is 20.1. The second-order valence-electron chi connectivity index (χ2n) is 6.84. The molecule has 0 unspecified atom stereocenters. The average molecular weight is 524 g/mol. The van der Waals surface area contributed by atoms with Gasteiger partial charge < -0.3 is 16.0 Å². The van der Waals surface area contributed by atoms with Crippen LogP contribution in [-0.2, 0) is 4.79 Å². The summed E-state index contributed by atoms with van der Waals surface area (Å²) in [6.45, 7) is 3.85. The number of para-hydroxylation sites is 1. The second kappa shape index (κ2) is 9.34. The van der Waals surface area contributed by atoms with E-state index in [1.165, 1.54) is 0 Å². The second-order valence-corrected chi connectivity index (χ2v) is 11.0. The van der Waals surface area contributed by atoms with E-state index in [0.717, 1.165) is 0 Å². The van der Waals surface area contributed by atoms with Crippen LogP contribution in [0.1, 0.15) is 13.8 Å². The molecule has 0 heterocycles. The number of carbonyl (C=O) groups is 1. The van der Waals surface area contributed by atoms with Crippen molar-refractivity contribution in [3.63, 3.8) is 0 Å². The summed E-state index contributed by atoms with van der Waals surface area (Å²) >= 11 is 40.9. The van der Waals surface area contributed by atoms with E-state index >= 15 is 0 Å². The van der Waals surface area contributed by atoms with Gasteiger partial charge in [0, 0.05) is 0 Å². The first kappa shape index (κ1) is 24.1. The van der Waals surface area contributed by atoms with E-state index in [1.807, 2.05) is 13.8 Å². The Labute approximate surface area is 199 Å². The Morgan fingerprint density at radius 2 is 1.82 bits per heavy atom. The van der Waals surface area contributed by atoms with Crippen LogP contribution in [0.4, 0.5) is 5.69 Å². The Morgan fingerprint density at radius 1 is 1.21 bits per heavy atom. The maximum absolute atomic E-state index is 12.7. The maximum atomic E-state index is 12.7. The Balaban J connectivity index is 2.06. The van der Waals surface area contributed by atoms with E-state index in [0.29, 0.717) is 10.7 Å². The highest BCUT2D eigenvalue weighted by molar-refractivity contribution is 7.80. The van der Waals surface area contributed by atoms with Crippen LogP contribution < -0.4 is 16.0 Å². The van der Waals surface area contributed by atoms with Gasteiger partial charge in [-0.05, 0) is 41.8 Å². The van der Waals surface area contributed by atoms with Crippen LogP contribution in [0.5, 0.6) is 0 Å². The maximum Gasteiger partial charge on any atom is 0.228 e. The van der Waals surface area contributed by atoms with Gasteiger partial charge in [-0.2, -0.15) is 0 Å². The quantitative estimate of drug-likeness (QED) is 0.250. The van der Waals surface area contributed by atoms with Gasteiger partial charge in [0.25, 0.3) is 0 Å². The van der Waals surface area contributed by atoms with Crippen LogP contribution >= 0.6 is 81.8 Å². The molecule has 0 spiro atoms. The zero-order chi connectivity index (χ0) is 21.3. The number of anilines is 1. The van der Waals surface area contributed by atoms with E-state index in [9.17, 15) is 4.79 Å². The normalized spacial score (nSPS) is 21.3. The molecule has 0 bridgehead atoms. The third-order valence-electron chi connectivity index (χ3n) is 4.51. The highest BCUT2D eigenvalue weighted by Gasteiger charge is 2.61. The molecule has 2 rings (SSSR count). The summed E-state index contributed by atoms with van der Waals surface area (Å²) < 4.78 is -1.76. The van der Waals surface area contributed by atoms with E-state index < -0.39 is 9.96 Å². The van der Waals surface area contributed by atoms with Gasteiger partial charge in [0.05, 0.1) is 16.6 Å². The number of allylic oxidation sites excluding steroid dienone is 1. The monoisotopic (exact) mass is 521 g/mol. The van der Waals surface area contributed by atoms with E-state index in [1.54, 1.807) is 30.3 Å². The summed E-state index contributed by atoms with van der Waals surface area (Å²) in [6.07, 6.45) is 0.550. The van der Waals surface area contributed by atoms with Crippen molar-refractivity contribution in [3.8, 4) is 0 Å². The van der Waals surface area contributed by atoms with Gasteiger partial charge in [-0.3, -0.25) is 4.79 Å². The van der Waals surface area contributed by atoms with Crippen molar-refractivity contribution in [1.82, 2.24) is 10.6 Å². The van der Waals surface area contributed by atoms with Crippen molar-refractivity contribution < 1.29 is 4.79 Å². The molecule has 1 amide bonds. The lowest BCUT2D eigenvalue weighted by molar-refractivity contribution is -0.123. The number of halogens is 6. The minimum atomic E-state index is -1.86. The Bertz CT molecular complexity index is 791. The number of hydrogen-bond acceptors (Lipinski definition) is 2. The van der Waals surface area contributed by atoms with Crippen molar-refractivity contribution in [2.24, 2.45) is 17.3 Å². The van der Waals surface area contributed by atoms with E-state index in [-0.39, 0.29) is 32.8 Å². The number of thiocarbonyl (C=S) groups is 1. The van der Waals surface area contributed by atoms with Crippen LogP contribution in [0.25, 0.3) is 0 Å². The van der Waals surface area contributed by atoms with E-state index in [2.05, 4.69) is 16.0 Å². The lowest BCUT2D eigenvalue weighted by Gasteiger charge is -2.28. The molecule has 1 saturated carbocycles. The molecule has 1 aromatic carbocycles. The van der Waals surface area contributed by atoms with Crippen molar-refractivity contribution in [1.29, 1.82) is 0 Å². The van der Waals surface area contributed by atoms with Gasteiger partial charge >= 0.3 is 0 Å². The lowest BCUT2D eigenvalue weighted by atomic mass is 10.1. The molecule has 1 fully saturated rings. The summed E-state index contributed by atoms with van der Waals surface area (Å²) in [4.78, 5) is 12.7. The fourth-order valence-corrected chi connectivity index (χ4v) is 3.92. The molecule has 0 radical (unpaired) electrons. The molecular formula is C17H17Cl6N3OS. The number of alkyl halides is 3. The molecule has 154 valence electrons. The molecule has 1 aliphatic rings. The summed E-state index contributed by atoms with van der Waals surface area (Å²) in [5, 5.41) is 8.97. The molecule has 11 heteroatoms. The average Bonchev–Trinajstić information content (AvgIpc) is 3.07. The van der Waals surface area contributed by atoms with Gasteiger partial charge in [0.15, 0.2) is 5.11 Å². The molecule has 0 saturated heterocycles. The topological polar surface area (TPSA) is 53.2 Å². The summed E-state index contributed by atoms with van der Waals surface area (Å²) in [7, 11) is 0. The molecule has 0 aromatic heterocycles. The highest BCUT2D eigenvalue weighted by Crippen LogP contribution is 2.59.